The molecule has 1 aliphatic carbocycles. The summed E-state index contributed by atoms with van der Waals surface area (Å²) in [5.41, 5.74) is 1.17. The minimum Gasteiger partial charge on any atom is -0.462 e. The van der Waals surface area contributed by atoms with Gasteiger partial charge in [0, 0.05) is 0 Å². The normalized spacial score (nSPS) is 16.6. The van der Waals surface area contributed by atoms with Gasteiger partial charge in [0.2, 0.25) is 0 Å². The first-order chi connectivity index (χ1) is 7.36. The summed E-state index contributed by atoms with van der Waals surface area (Å²) in [5, 5.41) is 0. The molecule has 0 aromatic rings. The first-order valence-electron chi connectivity index (χ1n) is 5.49. The van der Waals surface area contributed by atoms with Gasteiger partial charge in [-0.1, -0.05) is 32.4 Å². The minimum absolute atomic E-state index is 0.0354. The van der Waals surface area contributed by atoms with E-state index in [0.29, 0.717) is 13.0 Å². The van der Waals surface area contributed by atoms with Crippen LogP contribution in [0.4, 0.5) is 0 Å². The fourth-order valence-corrected chi connectivity index (χ4v) is 1.52. The Morgan fingerprint density at radius 2 is 2.06 bits per heavy atom. The Morgan fingerprint density at radius 1 is 1.44 bits per heavy atom. The Labute approximate surface area is 96.2 Å². The van der Waals surface area contributed by atoms with Crippen molar-refractivity contribution >= 4 is 11.8 Å². The van der Waals surface area contributed by atoms with E-state index in [9.17, 15) is 9.59 Å². The standard InChI is InChI=1S/C13H18O3/c1-5-16-12(15)10-7-6-9(8-11(10)14)13(2,3)4/h7-8H,5-6H2,1-4H3. The van der Waals surface area contributed by atoms with Gasteiger partial charge in [-0.25, -0.2) is 4.79 Å². The van der Waals surface area contributed by atoms with Gasteiger partial charge in [0.25, 0.3) is 0 Å². The van der Waals surface area contributed by atoms with E-state index in [0.717, 1.165) is 5.57 Å². The number of carbonyl (C=O) groups is 2. The summed E-state index contributed by atoms with van der Waals surface area (Å²) < 4.78 is 4.82. The van der Waals surface area contributed by atoms with Gasteiger partial charge in [-0.2, -0.15) is 0 Å². The smallest absolute Gasteiger partial charge is 0.341 e. The lowest BCUT2D eigenvalue weighted by Gasteiger charge is -2.24. The van der Waals surface area contributed by atoms with Crippen molar-refractivity contribution in [2.75, 3.05) is 6.61 Å². The maximum atomic E-state index is 11.7. The molecular weight excluding hydrogens is 204 g/mol. The highest BCUT2D eigenvalue weighted by atomic mass is 16.5. The number of hydrogen-bond donors (Lipinski definition) is 0. The van der Waals surface area contributed by atoms with Crippen molar-refractivity contribution in [2.24, 2.45) is 5.41 Å². The van der Waals surface area contributed by atoms with Crippen LogP contribution in [0.25, 0.3) is 0 Å². The molecule has 1 aliphatic rings. The molecule has 3 heteroatoms. The summed E-state index contributed by atoms with van der Waals surface area (Å²) in [6.45, 7) is 8.17. The van der Waals surface area contributed by atoms with Gasteiger partial charge in [0.15, 0.2) is 5.78 Å². The molecule has 16 heavy (non-hydrogen) atoms. The molecule has 0 saturated carbocycles. The number of allylic oxidation sites excluding steroid dienone is 3. The van der Waals surface area contributed by atoms with Crippen LogP contribution in [0.1, 0.15) is 34.1 Å². The van der Waals surface area contributed by atoms with Gasteiger partial charge >= 0.3 is 5.97 Å². The lowest BCUT2D eigenvalue weighted by molar-refractivity contribution is -0.139. The van der Waals surface area contributed by atoms with Crippen molar-refractivity contribution in [3.63, 3.8) is 0 Å². The maximum Gasteiger partial charge on any atom is 0.341 e. The SMILES string of the molecule is CCOC(=O)C1=CCC(C(C)(C)C)=CC1=O. The van der Waals surface area contributed by atoms with Crippen molar-refractivity contribution in [1.82, 2.24) is 0 Å². The summed E-state index contributed by atoms with van der Waals surface area (Å²) in [6, 6.07) is 0. The van der Waals surface area contributed by atoms with Gasteiger partial charge < -0.3 is 4.74 Å². The van der Waals surface area contributed by atoms with E-state index >= 15 is 0 Å². The monoisotopic (exact) mass is 222 g/mol. The second-order valence-corrected chi connectivity index (χ2v) is 4.83. The van der Waals surface area contributed by atoms with E-state index in [2.05, 4.69) is 20.8 Å². The molecule has 0 heterocycles. The molecule has 88 valence electrons. The average Bonchev–Trinajstić information content (AvgIpc) is 2.16. The fraction of sp³-hybridized carbons (Fsp3) is 0.538. The zero-order valence-corrected chi connectivity index (χ0v) is 10.3. The van der Waals surface area contributed by atoms with Crippen LogP contribution in [0, 0.1) is 5.41 Å². The van der Waals surface area contributed by atoms with Crippen LogP contribution in [-0.2, 0) is 14.3 Å². The molecule has 0 saturated heterocycles. The molecule has 0 radical (unpaired) electrons. The molecule has 0 spiro atoms. The third-order valence-corrected chi connectivity index (χ3v) is 2.56. The molecule has 0 aliphatic heterocycles. The lowest BCUT2D eigenvalue weighted by Crippen LogP contribution is -2.20. The van der Waals surface area contributed by atoms with E-state index in [1.807, 2.05) is 0 Å². The highest BCUT2D eigenvalue weighted by molar-refractivity contribution is 6.22. The summed E-state index contributed by atoms with van der Waals surface area (Å²) in [6.07, 6.45) is 3.87. The third-order valence-electron chi connectivity index (χ3n) is 2.56. The van der Waals surface area contributed by atoms with Crippen LogP contribution in [0.2, 0.25) is 0 Å². The quantitative estimate of drug-likeness (QED) is 0.532. The van der Waals surface area contributed by atoms with Gasteiger partial charge in [-0.05, 0) is 24.8 Å². The van der Waals surface area contributed by atoms with Crippen LogP contribution >= 0.6 is 0 Å². The molecule has 1 rings (SSSR count). The third kappa shape index (κ3) is 2.81. The predicted molar refractivity (Wildman–Crippen MR) is 61.9 cm³/mol. The Kier molecular flexibility index (Phi) is 3.68. The largest absolute Gasteiger partial charge is 0.462 e. The Morgan fingerprint density at radius 3 is 2.50 bits per heavy atom. The number of carbonyl (C=O) groups excluding carboxylic acids is 2. The second kappa shape index (κ2) is 4.64. The van der Waals surface area contributed by atoms with Crippen molar-refractivity contribution in [3.05, 3.63) is 23.3 Å². The van der Waals surface area contributed by atoms with E-state index in [-0.39, 0.29) is 16.8 Å². The molecular formula is C13H18O3. The Bertz CT molecular complexity index is 367. The van der Waals surface area contributed by atoms with Crippen molar-refractivity contribution < 1.29 is 14.3 Å². The van der Waals surface area contributed by atoms with E-state index < -0.39 is 5.97 Å². The van der Waals surface area contributed by atoms with E-state index in [4.69, 9.17) is 4.74 Å². The molecule has 0 N–H and O–H groups in total. The summed E-state index contributed by atoms with van der Waals surface area (Å²) in [5.74, 6) is -0.758. The van der Waals surface area contributed by atoms with Crippen molar-refractivity contribution in [2.45, 2.75) is 34.1 Å². The Hall–Kier alpha value is -1.38. The molecule has 0 aromatic carbocycles. The number of rotatable bonds is 2. The van der Waals surface area contributed by atoms with Crippen LogP contribution < -0.4 is 0 Å². The van der Waals surface area contributed by atoms with Crippen LogP contribution in [0.5, 0.6) is 0 Å². The van der Waals surface area contributed by atoms with Gasteiger partial charge in [-0.15, -0.1) is 0 Å². The van der Waals surface area contributed by atoms with Gasteiger partial charge in [0.1, 0.15) is 5.57 Å². The lowest BCUT2D eigenvalue weighted by atomic mass is 9.80. The fourth-order valence-electron chi connectivity index (χ4n) is 1.52. The van der Waals surface area contributed by atoms with Crippen molar-refractivity contribution in [1.29, 1.82) is 0 Å². The van der Waals surface area contributed by atoms with Crippen molar-refractivity contribution in [3.8, 4) is 0 Å². The van der Waals surface area contributed by atoms with Crippen LogP contribution in [0.3, 0.4) is 0 Å². The molecule has 0 fully saturated rings. The topological polar surface area (TPSA) is 43.4 Å². The average molecular weight is 222 g/mol. The number of ketones is 1. The molecule has 0 unspecified atom stereocenters. The summed E-state index contributed by atoms with van der Waals surface area (Å²) in [7, 11) is 0. The molecule has 0 aromatic heterocycles. The van der Waals surface area contributed by atoms with Crippen LogP contribution in [0.15, 0.2) is 23.3 Å². The first kappa shape index (κ1) is 12.7. The van der Waals surface area contributed by atoms with Gasteiger partial charge in [0.05, 0.1) is 6.61 Å². The van der Waals surface area contributed by atoms with E-state index in [1.165, 1.54) is 0 Å². The highest BCUT2D eigenvalue weighted by Crippen LogP contribution is 2.31. The van der Waals surface area contributed by atoms with E-state index in [1.54, 1.807) is 19.1 Å². The molecule has 0 bridgehead atoms. The first-order valence-corrected chi connectivity index (χ1v) is 5.49. The Balaban J connectivity index is 2.82. The minimum atomic E-state index is -0.517. The highest BCUT2D eigenvalue weighted by Gasteiger charge is 2.26. The maximum absolute atomic E-state index is 11.7. The second-order valence-electron chi connectivity index (χ2n) is 4.83. The summed E-state index contributed by atoms with van der Waals surface area (Å²) >= 11 is 0. The summed E-state index contributed by atoms with van der Waals surface area (Å²) in [4.78, 5) is 23.1. The zero-order chi connectivity index (χ0) is 12.3. The number of hydrogen-bond acceptors (Lipinski definition) is 3. The zero-order valence-electron chi connectivity index (χ0n) is 10.3. The van der Waals surface area contributed by atoms with Crippen LogP contribution in [-0.4, -0.2) is 18.4 Å². The number of ether oxygens (including phenoxy) is 1. The predicted octanol–water partition coefficient (Wildman–Crippen LogP) is 2.42. The number of esters is 1. The molecule has 0 atom stereocenters. The molecule has 0 amide bonds. The molecule has 3 nitrogen and oxygen atoms in total. The van der Waals surface area contributed by atoms with Gasteiger partial charge in [-0.3, -0.25) is 4.79 Å².